The molecule has 7 nitrogen and oxygen atoms in total. The molecule has 4 N–H and O–H groups in total. The zero-order valence-corrected chi connectivity index (χ0v) is 16.3. The summed E-state index contributed by atoms with van der Waals surface area (Å²) >= 11 is 0. The molecule has 0 spiro atoms. The summed E-state index contributed by atoms with van der Waals surface area (Å²) in [6, 6.07) is 20.7. The summed E-state index contributed by atoms with van der Waals surface area (Å²) in [5.74, 6) is 0.425. The third-order valence-electron chi connectivity index (χ3n) is 5.38. The van der Waals surface area contributed by atoms with Crippen LogP contribution < -0.4 is 9.64 Å². The Morgan fingerprint density at radius 1 is 1.10 bits per heavy atom. The number of hydrogen-bond acceptors (Lipinski definition) is 4. The van der Waals surface area contributed by atoms with Crippen molar-refractivity contribution in [1.82, 2.24) is 9.97 Å². The van der Waals surface area contributed by atoms with Crippen molar-refractivity contribution >= 4 is 23.0 Å². The van der Waals surface area contributed by atoms with E-state index in [-0.39, 0.29) is 17.1 Å². The van der Waals surface area contributed by atoms with E-state index < -0.39 is 5.97 Å². The van der Waals surface area contributed by atoms with Crippen LogP contribution in [0.25, 0.3) is 11.0 Å². The number of rotatable bonds is 3. The zero-order valence-electron chi connectivity index (χ0n) is 16.3. The molecule has 0 bridgehead atoms. The van der Waals surface area contributed by atoms with Gasteiger partial charge in [-0.05, 0) is 41.5 Å². The van der Waals surface area contributed by atoms with Gasteiger partial charge in [0.05, 0.1) is 22.6 Å². The quantitative estimate of drug-likeness (QED) is 0.543. The molecule has 1 aliphatic heterocycles. The van der Waals surface area contributed by atoms with Gasteiger partial charge in [0.25, 0.3) is 0 Å². The van der Waals surface area contributed by atoms with E-state index in [0.29, 0.717) is 18.3 Å². The molecule has 0 amide bonds. The largest absolute Gasteiger partial charge is 0.489 e. The molecule has 5 rings (SSSR count). The Morgan fingerprint density at radius 2 is 1.87 bits per heavy atom. The lowest BCUT2D eigenvalue weighted by atomic mass is 9.93. The Kier molecular flexibility index (Phi) is 4.89. The highest BCUT2D eigenvalue weighted by Crippen LogP contribution is 2.41. The number of fused-ring (bicyclic) bond motifs is 3. The SMILES string of the molecule is CN(c1nc2ccccc2[nH]1)C1c2ccccc2COc2ccc(C(=O)O)cc21.O. The molecule has 152 valence electrons. The molecule has 0 aliphatic carbocycles. The maximum absolute atomic E-state index is 11.6. The van der Waals surface area contributed by atoms with Gasteiger partial charge in [0, 0.05) is 12.6 Å². The second kappa shape index (κ2) is 7.53. The van der Waals surface area contributed by atoms with E-state index in [1.165, 1.54) is 0 Å². The smallest absolute Gasteiger partial charge is 0.335 e. The fourth-order valence-corrected chi connectivity index (χ4v) is 3.93. The number of carboxylic acid groups (broad SMARTS) is 1. The first-order valence-corrected chi connectivity index (χ1v) is 9.37. The van der Waals surface area contributed by atoms with Crippen LogP contribution in [0.2, 0.25) is 0 Å². The standard InChI is InChI=1S/C23H19N3O3.H2O/c1-26(23-24-18-8-4-5-9-19(18)25-23)21-16-7-3-2-6-15(16)13-29-20-11-10-14(22(27)28)12-17(20)21;/h2-12,21H,13H2,1H3,(H,24,25)(H,27,28);1H2. The molecule has 0 saturated carbocycles. The lowest BCUT2D eigenvalue weighted by Crippen LogP contribution is -2.26. The minimum atomic E-state index is -0.963. The molecule has 0 saturated heterocycles. The molecule has 4 aromatic rings. The highest BCUT2D eigenvalue weighted by Gasteiger charge is 2.30. The van der Waals surface area contributed by atoms with Crippen LogP contribution in [0.4, 0.5) is 5.95 Å². The fourth-order valence-electron chi connectivity index (χ4n) is 3.93. The number of benzene rings is 3. The van der Waals surface area contributed by atoms with E-state index in [1.54, 1.807) is 18.2 Å². The molecule has 3 aromatic carbocycles. The molecule has 7 heteroatoms. The van der Waals surface area contributed by atoms with Crippen molar-refractivity contribution in [2.24, 2.45) is 0 Å². The zero-order chi connectivity index (χ0) is 20.0. The van der Waals surface area contributed by atoms with Crippen LogP contribution in [0.5, 0.6) is 5.75 Å². The van der Waals surface area contributed by atoms with Crippen LogP contribution in [0.1, 0.15) is 33.1 Å². The van der Waals surface area contributed by atoms with E-state index >= 15 is 0 Å². The molecular weight excluding hydrogens is 382 g/mol. The number of imidazole rings is 1. The highest BCUT2D eigenvalue weighted by molar-refractivity contribution is 5.88. The monoisotopic (exact) mass is 403 g/mol. The molecule has 1 aromatic heterocycles. The van der Waals surface area contributed by atoms with Gasteiger partial charge in [0.2, 0.25) is 5.95 Å². The van der Waals surface area contributed by atoms with E-state index in [0.717, 1.165) is 27.7 Å². The second-order valence-corrected chi connectivity index (χ2v) is 7.14. The van der Waals surface area contributed by atoms with Gasteiger partial charge in [-0.1, -0.05) is 36.4 Å². The molecule has 0 radical (unpaired) electrons. The Bertz CT molecular complexity index is 1200. The van der Waals surface area contributed by atoms with Gasteiger partial charge in [-0.25, -0.2) is 9.78 Å². The first kappa shape index (κ1) is 19.5. The highest BCUT2D eigenvalue weighted by atomic mass is 16.5. The van der Waals surface area contributed by atoms with Gasteiger partial charge < -0.3 is 25.2 Å². The Labute approximate surface area is 172 Å². The molecule has 1 atom stereocenters. The van der Waals surface area contributed by atoms with E-state index in [2.05, 4.69) is 11.1 Å². The number of nitrogens with one attached hydrogen (secondary N) is 1. The summed E-state index contributed by atoms with van der Waals surface area (Å²) in [6.07, 6.45) is 0. The number of anilines is 1. The van der Waals surface area contributed by atoms with Gasteiger partial charge >= 0.3 is 5.97 Å². The predicted molar refractivity (Wildman–Crippen MR) is 114 cm³/mol. The number of ether oxygens (including phenoxy) is 1. The topological polar surface area (TPSA) is 110 Å². The van der Waals surface area contributed by atoms with Crippen molar-refractivity contribution in [3.63, 3.8) is 0 Å². The fraction of sp³-hybridized carbons (Fsp3) is 0.130. The maximum Gasteiger partial charge on any atom is 0.335 e. The van der Waals surface area contributed by atoms with E-state index in [4.69, 9.17) is 9.72 Å². The molecular formula is C23H21N3O4. The lowest BCUT2D eigenvalue weighted by molar-refractivity contribution is 0.0696. The van der Waals surface area contributed by atoms with Crippen LogP contribution in [-0.2, 0) is 6.61 Å². The summed E-state index contributed by atoms with van der Waals surface area (Å²) in [6.45, 7) is 0.431. The van der Waals surface area contributed by atoms with Gasteiger partial charge in [-0.2, -0.15) is 0 Å². The van der Waals surface area contributed by atoms with Gasteiger partial charge in [-0.3, -0.25) is 0 Å². The van der Waals surface area contributed by atoms with Crippen molar-refractivity contribution in [1.29, 1.82) is 0 Å². The number of H-pyrrole nitrogens is 1. The number of aromatic nitrogens is 2. The summed E-state index contributed by atoms with van der Waals surface area (Å²) in [5, 5.41) is 9.52. The van der Waals surface area contributed by atoms with Crippen LogP contribution in [-0.4, -0.2) is 33.6 Å². The maximum atomic E-state index is 11.6. The molecule has 1 unspecified atom stereocenters. The van der Waals surface area contributed by atoms with Gasteiger partial charge in [0.15, 0.2) is 0 Å². The molecule has 1 aliphatic rings. The Balaban J connectivity index is 0.00000218. The van der Waals surface area contributed by atoms with Crippen molar-refractivity contribution in [3.05, 3.63) is 89.0 Å². The first-order chi connectivity index (χ1) is 14.1. The summed E-state index contributed by atoms with van der Waals surface area (Å²) < 4.78 is 6.03. The lowest BCUT2D eigenvalue weighted by Gasteiger charge is -2.29. The van der Waals surface area contributed by atoms with Crippen LogP contribution >= 0.6 is 0 Å². The molecule has 30 heavy (non-hydrogen) atoms. The van der Waals surface area contributed by atoms with Crippen molar-refractivity contribution < 1.29 is 20.1 Å². The number of para-hydroxylation sites is 2. The number of carbonyl (C=O) groups is 1. The Hall–Kier alpha value is -3.84. The predicted octanol–water partition coefficient (Wildman–Crippen LogP) is 3.55. The minimum Gasteiger partial charge on any atom is -0.489 e. The summed E-state index contributed by atoms with van der Waals surface area (Å²) in [4.78, 5) is 21.8. The van der Waals surface area contributed by atoms with Crippen LogP contribution in [0.3, 0.4) is 0 Å². The second-order valence-electron chi connectivity index (χ2n) is 7.14. The number of carboxylic acids is 1. The molecule has 0 fully saturated rings. The van der Waals surface area contributed by atoms with E-state index in [1.807, 2.05) is 54.4 Å². The van der Waals surface area contributed by atoms with E-state index in [9.17, 15) is 9.90 Å². The summed E-state index contributed by atoms with van der Waals surface area (Å²) in [7, 11) is 1.96. The van der Waals surface area contributed by atoms with Crippen molar-refractivity contribution in [3.8, 4) is 5.75 Å². The van der Waals surface area contributed by atoms with Gasteiger partial charge in [-0.15, -0.1) is 0 Å². The Morgan fingerprint density at radius 3 is 2.67 bits per heavy atom. The average Bonchev–Trinajstić information content (AvgIpc) is 3.10. The average molecular weight is 403 g/mol. The minimum absolute atomic E-state index is 0. The normalized spacial score (nSPS) is 14.6. The number of aromatic carboxylic acids is 1. The number of aromatic amines is 1. The van der Waals surface area contributed by atoms with Crippen LogP contribution in [0.15, 0.2) is 66.7 Å². The van der Waals surface area contributed by atoms with Gasteiger partial charge in [0.1, 0.15) is 12.4 Å². The van der Waals surface area contributed by atoms with Crippen molar-refractivity contribution in [2.45, 2.75) is 12.6 Å². The molecule has 2 heterocycles. The first-order valence-electron chi connectivity index (χ1n) is 9.37. The number of nitrogens with zero attached hydrogens (tertiary/aromatic N) is 2. The third kappa shape index (κ3) is 3.15. The van der Waals surface area contributed by atoms with Crippen LogP contribution in [0, 0.1) is 0 Å². The van der Waals surface area contributed by atoms with Crippen molar-refractivity contribution in [2.75, 3.05) is 11.9 Å². The number of hydrogen-bond donors (Lipinski definition) is 2. The summed E-state index contributed by atoms with van der Waals surface area (Å²) in [5.41, 5.74) is 5.00. The third-order valence-corrected chi connectivity index (χ3v) is 5.38.